The van der Waals surface area contributed by atoms with Crippen LogP contribution in [0.5, 0.6) is 0 Å². The maximum Gasteiger partial charge on any atom is 0.238 e. The van der Waals surface area contributed by atoms with E-state index in [0.29, 0.717) is 23.7 Å². The highest BCUT2D eigenvalue weighted by atomic mass is 35.5. The van der Waals surface area contributed by atoms with Crippen LogP contribution in [0.3, 0.4) is 0 Å². The summed E-state index contributed by atoms with van der Waals surface area (Å²) in [5.74, 6) is 0.0238. The van der Waals surface area contributed by atoms with Gasteiger partial charge in [-0.15, -0.1) is 0 Å². The van der Waals surface area contributed by atoms with Crippen molar-refractivity contribution in [3.05, 3.63) is 29.3 Å². The third-order valence-corrected chi connectivity index (χ3v) is 5.06. The molecule has 1 unspecified atom stereocenters. The summed E-state index contributed by atoms with van der Waals surface area (Å²) < 4.78 is 5.62. The van der Waals surface area contributed by atoms with Gasteiger partial charge >= 0.3 is 0 Å². The number of benzene rings is 1. The van der Waals surface area contributed by atoms with Crippen molar-refractivity contribution in [2.75, 3.05) is 44.6 Å². The monoisotopic (exact) mass is 351 g/mol. The van der Waals surface area contributed by atoms with Crippen LogP contribution in [0.15, 0.2) is 24.3 Å². The van der Waals surface area contributed by atoms with Crippen LogP contribution in [-0.2, 0) is 9.53 Å². The van der Waals surface area contributed by atoms with Crippen LogP contribution >= 0.6 is 11.6 Å². The van der Waals surface area contributed by atoms with Crippen LogP contribution < -0.4 is 5.32 Å². The Hall–Kier alpha value is -1.14. The van der Waals surface area contributed by atoms with Gasteiger partial charge in [0.2, 0.25) is 5.91 Å². The van der Waals surface area contributed by atoms with Crippen molar-refractivity contribution < 1.29 is 9.53 Å². The van der Waals surface area contributed by atoms with Gasteiger partial charge in [0, 0.05) is 42.9 Å². The molecule has 1 aromatic rings. The van der Waals surface area contributed by atoms with E-state index >= 15 is 0 Å². The van der Waals surface area contributed by atoms with Crippen LogP contribution in [0.2, 0.25) is 5.02 Å². The zero-order valence-corrected chi connectivity index (χ0v) is 15.0. The van der Waals surface area contributed by atoms with Crippen LogP contribution in [0.4, 0.5) is 5.69 Å². The summed E-state index contributed by atoms with van der Waals surface area (Å²) in [6, 6.07) is 7.89. The maximum atomic E-state index is 12.2. The second-order valence-corrected chi connectivity index (χ2v) is 7.18. The van der Waals surface area contributed by atoms with Crippen LogP contribution in [0.25, 0.3) is 0 Å². The van der Waals surface area contributed by atoms with Crippen molar-refractivity contribution in [3.63, 3.8) is 0 Å². The summed E-state index contributed by atoms with van der Waals surface area (Å²) in [5, 5.41) is 3.55. The first kappa shape index (κ1) is 17.7. The molecule has 132 valence electrons. The fraction of sp³-hybridized carbons (Fsp3) is 0.611. The topological polar surface area (TPSA) is 44.8 Å². The summed E-state index contributed by atoms with van der Waals surface area (Å²) in [7, 11) is 0. The first-order valence-corrected chi connectivity index (χ1v) is 9.11. The van der Waals surface area contributed by atoms with Gasteiger partial charge in [0.25, 0.3) is 0 Å². The summed E-state index contributed by atoms with van der Waals surface area (Å²) in [6.07, 6.45) is 2.58. The van der Waals surface area contributed by atoms with Crippen molar-refractivity contribution in [1.82, 2.24) is 9.80 Å². The molecule has 1 amide bonds. The van der Waals surface area contributed by atoms with Gasteiger partial charge < -0.3 is 10.1 Å². The van der Waals surface area contributed by atoms with E-state index in [-0.39, 0.29) is 5.91 Å². The van der Waals surface area contributed by atoms with E-state index in [1.54, 1.807) is 12.1 Å². The van der Waals surface area contributed by atoms with Gasteiger partial charge in [0.15, 0.2) is 0 Å². The van der Waals surface area contributed by atoms with Crippen molar-refractivity contribution in [2.24, 2.45) is 0 Å². The smallest absolute Gasteiger partial charge is 0.238 e. The van der Waals surface area contributed by atoms with Gasteiger partial charge in [0.1, 0.15) is 0 Å². The lowest BCUT2D eigenvalue weighted by Crippen LogP contribution is -2.51. The highest BCUT2D eigenvalue weighted by Gasteiger charge is 2.28. The SMILES string of the molecule is CC1CN(C2CCN(CC(=O)Nc3cccc(Cl)c3)CC2)CCO1. The molecule has 0 aromatic heterocycles. The molecular weight excluding hydrogens is 326 g/mol. The fourth-order valence-electron chi connectivity index (χ4n) is 3.59. The molecule has 0 saturated carbocycles. The Balaban J connectivity index is 1.42. The molecule has 6 heteroatoms. The predicted molar refractivity (Wildman–Crippen MR) is 96.5 cm³/mol. The van der Waals surface area contributed by atoms with Crippen LogP contribution in [0.1, 0.15) is 19.8 Å². The van der Waals surface area contributed by atoms with E-state index < -0.39 is 0 Å². The summed E-state index contributed by atoms with van der Waals surface area (Å²) in [5.41, 5.74) is 0.754. The number of amides is 1. The Morgan fingerprint density at radius 1 is 1.33 bits per heavy atom. The first-order chi connectivity index (χ1) is 11.6. The normalized spacial score (nSPS) is 24.0. The van der Waals surface area contributed by atoms with E-state index in [0.717, 1.165) is 51.3 Å². The lowest BCUT2D eigenvalue weighted by atomic mass is 10.0. The highest BCUT2D eigenvalue weighted by molar-refractivity contribution is 6.30. The van der Waals surface area contributed by atoms with Gasteiger partial charge in [-0.25, -0.2) is 0 Å². The minimum absolute atomic E-state index is 0.0238. The molecule has 24 heavy (non-hydrogen) atoms. The van der Waals surface area contributed by atoms with Crippen molar-refractivity contribution in [2.45, 2.75) is 31.9 Å². The highest BCUT2D eigenvalue weighted by Crippen LogP contribution is 2.19. The number of hydrogen-bond acceptors (Lipinski definition) is 4. The number of likely N-dealkylation sites (tertiary alicyclic amines) is 1. The summed E-state index contributed by atoms with van der Waals surface area (Å²) in [4.78, 5) is 17.0. The van der Waals surface area contributed by atoms with E-state index in [9.17, 15) is 4.79 Å². The van der Waals surface area contributed by atoms with Crippen molar-refractivity contribution in [3.8, 4) is 0 Å². The standard InChI is InChI=1S/C18H26ClN3O2/c1-14-12-22(9-10-24-14)17-5-7-21(8-6-17)13-18(23)20-16-4-2-3-15(19)11-16/h2-4,11,14,17H,5-10,12-13H2,1H3,(H,20,23). The average Bonchev–Trinajstić information content (AvgIpc) is 2.55. The van der Waals surface area contributed by atoms with Gasteiger partial charge in [0.05, 0.1) is 19.3 Å². The largest absolute Gasteiger partial charge is 0.376 e. The number of carbonyl (C=O) groups is 1. The van der Waals surface area contributed by atoms with Gasteiger partial charge in [-0.05, 0) is 38.0 Å². The molecule has 5 nitrogen and oxygen atoms in total. The minimum Gasteiger partial charge on any atom is -0.376 e. The number of nitrogens with zero attached hydrogens (tertiary/aromatic N) is 2. The Bertz CT molecular complexity index is 561. The van der Waals surface area contributed by atoms with E-state index in [1.807, 2.05) is 12.1 Å². The number of carbonyl (C=O) groups excluding carboxylic acids is 1. The van der Waals surface area contributed by atoms with Gasteiger partial charge in [-0.3, -0.25) is 14.6 Å². The second-order valence-electron chi connectivity index (χ2n) is 6.74. The number of halogens is 1. The predicted octanol–water partition coefficient (Wildman–Crippen LogP) is 2.46. The third-order valence-electron chi connectivity index (χ3n) is 4.82. The lowest BCUT2D eigenvalue weighted by molar-refractivity contribution is -0.117. The molecular formula is C18H26ClN3O2. The van der Waals surface area contributed by atoms with Crippen LogP contribution in [-0.4, -0.2) is 67.2 Å². The molecule has 0 spiro atoms. The number of ether oxygens (including phenoxy) is 1. The molecule has 2 heterocycles. The maximum absolute atomic E-state index is 12.2. The molecule has 1 N–H and O–H groups in total. The number of rotatable bonds is 4. The molecule has 2 fully saturated rings. The van der Waals surface area contributed by atoms with Crippen molar-refractivity contribution in [1.29, 1.82) is 0 Å². The molecule has 3 rings (SSSR count). The number of nitrogens with one attached hydrogen (secondary N) is 1. The van der Waals surface area contributed by atoms with E-state index in [1.165, 1.54) is 0 Å². The summed E-state index contributed by atoms with van der Waals surface area (Å²) in [6.45, 7) is 7.42. The van der Waals surface area contributed by atoms with Crippen LogP contribution in [0, 0.1) is 0 Å². The summed E-state index contributed by atoms with van der Waals surface area (Å²) >= 11 is 5.94. The Labute approximate surface area is 148 Å². The third kappa shape index (κ3) is 4.93. The van der Waals surface area contributed by atoms with E-state index in [2.05, 4.69) is 22.0 Å². The van der Waals surface area contributed by atoms with Gasteiger partial charge in [-0.1, -0.05) is 17.7 Å². The minimum atomic E-state index is 0.0238. The molecule has 1 aromatic carbocycles. The molecule has 1 atom stereocenters. The Morgan fingerprint density at radius 3 is 2.83 bits per heavy atom. The molecule has 2 aliphatic heterocycles. The lowest BCUT2D eigenvalue weighted by Gasteiger charge is -2.41. The molecule has 2 aliphatic rings. The second kappa shape index (κ2) is 8.30. The number of hydrogen-bond donors (Lipinski definition) is 1. The number of anilines is 1. The zero-order chi connectivity index (χ0) is 16.9. The first-order valence-electron chi connectivity index (χ1n) is 8.73. The number of morpholine rings is 1. The number of piperidine rings is 1. The molecule has 0 aliphatic carbocycles. The Kier molecular flexibility index (Phi) is 6.11. The molecule has 0 bridgehead atoms. The zero-order valence-electron chi connectivity index (χ0n) is 14.2. The fourth-order valence-corrected chi connectivity index (χ4v) is 3.78. The molecule has 0 radical (unpaired) electrons. The quantitative estimate of drug-likeness (QED) is 0.905. The average molecular weight is 352 g/mol. The molecule has 2 saturated heterocycles. The van der Waals surface area contributed by atoms with Crippen molar-refractivity contribution >= 4 is 23.2 Å². The Morgan fingerprint density at radius 2 is 2.12 bits per heavy atom. The van der Waals surface area contributed by atoms with E-state index in [4.69, 9.17) is 16.3 Å². The van der Waals surface area contributed by atoms with Gasteiger partial charge in [-0.2, -0.15) is 0 Å².